The maximum atomic E-state index is 13.2. The molecule has 1 spiro atoms. The molecule has 2 aliphatic heterocycles. The Morgan fingerprint density at radius 3 is 2.55 bits per heavy atom. The van der Waals surface area contributed by atoms with E-state index in [4.69, 9.17) is 14.2 Å². The van der Waals surface area contributed by atoms with Gasteiger partial charge in [0.1, 0.15) is 5.75 Å². The summed E-state index contributed by atoms with van der Waals surface area (Å²) in [6.45, 7) is 6.08. The molecule has 5 heteroatoms. The van der Waals surface area contributed by atoms with E-state index in [0.717, 1.165) is 31.2 Å². The van der Waals surface area contributed by atoms with Crippen molar-refractivity contribution in [3.8, 4) is 5.75 Å². The van der Waals surface area contributed by atoms with E-state index in [1.165, 1.54) is 5.56 Å². The Morgan fingerprint density at radius 2 is 1.87 bits per heavy atom. The van der Waals surface area contributed by atoms with Crippen molar-refractivity contribution < 1.29 is 19.0 Å². The summed E-state index contributed by atoms with van der Waals surface area (Å²) in [5, 5.41) is 0. The van der Waals surface area contributed by atoms with Crippen LogP contribution in [0.3, 0.4) is 0 Å². The lowest BCUT2D eigenvalue weighted by Crippen LogP contribution is -2.52. The Bertz CT molecular complexity index is 890. The largest absolute Gasteiger partial charge is 0.496 e. The third-order valence-electron chi connectivity index (χ3n) is 6.65. The first-order valence-corrected chi connectivity index (χ1v) is 11.3. The Kier molecular flexibility index (Phi) is 6.63. The van der Waals surface area contributed by atoms with E-state index in [1.807, 2.05) is 36.1 Å². The Hall–Kier alpha value is -2.37. The number of carbonyl (C=O) groups excluding carboxylic acids is 1. The highest BCUT2D eigenvalue weighted by Crippen LogP contribution is 2.44. The molecule has 0 unspecified atom stereocenters. The number of para-hydroxylation sites is 1. The molecule has 0 radical (unpaired) electrons. The molecule has 4 rings (SSSR count). The van der Waals surface area contributed by atoms with Crippen molar-refractivity contribution in [3.63, 3.8) is 0 Å². The molecule has 2 atom stereocenters. The maximum absolute atomic E-state index is 13.2. The highest BCUT2D eigenvalue weighted by atomic mass is 16.5. The van der Waals surface area contributed by atoms with Gasteiger partial charge in [-0.15, -0.1) is 0 Å². The topological polar surface area (TPSA) is 48.0 Å². The number of piperidine rings is 1. The molecule has 166 valence electrons. The number of methoxy groups -OCH3 is 1. The second kappa shape index (κ2) is 9.41. The van der Waals surface area contributed by atoms with Crippen LogP contribution in [0.2, 0.25) is 0 Å². The van der Waals surface area contributed by atoms with Gasteiger partial charge in [0.25, 0.3) is 5.91 Å². The van der Waals surface area contributed by atoms with Crippen LogP contribution in [0.5, 0.6) is 5.75 Å². The number of rotatable bonds is 5. The zero-order chi connectivity index (χ0) is 21.8. The highest BCUT2D eigenvalue weighted by molar-refractivity contribution is 5.97. The summed E-state index contributed by atoms with van der Waals surface area (Å²) in [4.78, 5) is 15.2. The molecule has 2 aromatic rings. The molecule has 0 aliphatic carbocycles. The van der Waals surface area contributed by atoms with Crippen molar-refractivity contribution in [1.82, 2.24) is 4.90 Å². The van der Waals surface area contributed by atoms with Crippen molar-refractivity contribution in [2.75, 3.05) is 26.8 Å². The fraction of sp³-hybridized carbons (Fsp3) is 0.500. The SMILES string of the molecule is CCO[C@H]1C[C@@H](c2ccccc2)OC2(CCN(C(=O)c3cccc(C)c3OC)CC2)C1. The average molecular weight is 424 g/mol. The molecule has 0 N–H and O–H groups in total. The van der Waals surface area contributed by atoms with Crippen LogP contribution in [-0.4, -0.2) is 49.3 Å². The zero-order valence-corrected chi connectivity index (χ0v) is 18.8. The molecule has 0 bridgehead atoms. The van der Waals surface area contributed by atoms with Crippen LogP contribution in [0.25, 0.3) is 0 Å². The average Bonchev–Trinajstić information content (AvgIpc) is 2.79. The van der Waals surface area contributed by atoms with Crippen molar-refractivity contribution in [1.29, 1.82) is 0 Å². The number of aryl methyl sites for hydroxylation is 1. The van der Waals surface area contributed by atoms with Crippen LogP contribution in [0.1, 0.15) is 60.2 Å². The summed E-state index contributed by atoms with van der Waals surface area (Å²) in [6.07, 6.45) is 3.62. The van der Waals surface area contributed by atoms with E-state index in [9.17, 15) is 4.79 Å². The Morgan fingerprint density at radius 1 is 1.13 bits per heavy atom. The standard InChI is InChI=1S/C26H33NO4/c1-4-30-21-17-23(20-10-6-5-7-11-20)31-26(18-21)13-15-27(16-14-26)25(28)22-12-8-9-19(2)24(22)29-3/h5-12,21,23H,4,13-18H2,1-3H3/t21-,23-/m0/s1. The minimum Gasteiger partial charge on any atom is -0.496 e. The zero-order valence-electron chi connectivity index (χ0n) is 18.8. The summed E-state index contributed by atoms with van der Waals surface area (Å²) in [6, 6.07) is 16.2. The van der Waals surface area contributed by atoms with Gasteiger partial charge in [0, 0.05) is 32.5 Å². The van der Waals surface area contributed by atoms with Gasteiger partial charge in [0.2, 0.25) is 0 Å². The van der Waals surface area contributed by atoms with Crippen molar-refractivity contribution in [2.45, 2.75) is 57.3 Å². The van der Waals surface area contributed by atoms with Gasteiger partial charge in [-0.3, -0.25) is 4.79 Å². The predicted octanol–water partition coefficient (Wildman–Crippen LogP) is 4.94. The van der Waals surface area contributed by atoms with Gasteiger partial charge in [-0.2, -0.15) is 0 Å². The molecule has 2 aliphatic rings. The second-order valence-electron chi connectivity index (χ2n) is 8.67. The van der Waals surface area contributed by atoms with Gasteiger partial charge in [0.15, 0.2) is 0 Å². The van der Waals surface area contributed by atoms with Gasteiger partial charge in [0.05, 0.1) is 30.5 Å². The third-order valence-corrected chi connectivity index (χ3v) is 6.65. The van der Waals surface area contributed by atoms with Crippen LogP contribution >= 0.6 is 0 Å². The quantitative estimate of drug-likeness (QED) is 0.684. The van der Waals surface area contributed by atoms with E-state index in [0.29, 0.717) is 31.0 Å². The number of ether oxygens (including phenoxy) is 3. The van der Waals surface area contributed by atoms with E-state index in [1.54, 1.807) is 7.11 Å². The fourth-order valence-electron chi connectivity index (χ4n) is 5.07. The predicted molar refractivity (Wildman–Crippen MR) is 121 cm³/mol. The summed E-state index contributed by atoms with van der Waals surface area (Å²) < 4.78 is 18.3. The van der Waals surface area contributed by atoms with Crippen molar-refractivity contribution in [2.24, 2.45) is 0 Å². The smallest absolute Gasteiger partial charge is 0.257 e. The molecule has 2 saturated heterocycles. The van der Waals surface area contributed by atoms with Gasteiger partial charge in [-0.25, -0.2) is 0 Å². The molecule has 1 amide bonds. The number of hydrogen-bond donors (Lipinski definition) is 0. The van der Waals surface area contributed by atoms with Crippen LogP contribution in [0, 0.1) is 6.92 Å². The second-order valence-corrected chi connectivity index (χ2v) is 8.67. The van der Waals surface area contributed by atoms with Gasteiger partial charge >= 0.3 is 0 Å². The number of nitrogens with zero attached hydrogens (tertiary/aromatic N) is 1. The first kappa shape index (κ1) is 21.8. The van der Waals surface area contributed by atoms with E-state index in [-0.39, 0.29) is 23.7 Å². The van der Waals surface area contributed by atoms with Crippen molar-refractivity contribution in [3.05, 3.63) is 65.2 Å². The first-order chi connectivity index (χ1) is 15.0. The minimum atomic E-state index is -0.244. The lowest BCUT2D eigenvalue weighted by Gasteiger charge is -2.48. The summed E-state index contributed by atoms with van der Waals surface area (Å²) >= 11 is 0. The number of benzene rings is 2. The van der Waals surface area contributed by atoms with E-state index >= 15 is 0 Å². The number of hydrogen-bond acceptors (Lipinski definition) is 4. The lowest BCUT2D eigenvalue weighted by atomic mass is 9.80. The monoisotopic (exact) mass is 423 g/mol. The third kappa shape index (κ3) is 4.63. The van der Waals surface area contributed by atoms with Gasteiger partial charge in [-0.05, 0) is 43.9 Å². The van der Waals surface area contributed by atoms with Crippen LogP contribution in [-0.2, 0) is 9.47 Å². The summed E-state index contributed by atoms with van der Waals surface area (Å²) in [5.74, 6) is 0.703. The van der Waals surface area contributed by atoms with Crippen molar-refractivity contribution >= 4 is 5.91 Å². The Labute approximate surface area is 185 Å². The lowest BCUT2D eigenvalue weighted by molar-refractivity contribution is -0.190. The molecule has 0 saturated carbocycles. The minimum absolute atomic E-state index is 0.0330. The van der Waals surface area contributed by atoms with Gasteiger partial charge in [-0.1, -0.05) is 42.5 Å². The molecule has 2 fully saturated rings. The normalized spacial score (nSPS) is 23.0. The fourth-order valence-corrected chi connectivity index (χ4v) is 5.07. The molecule has 0 aromatic heterocycles. The molecule has 2 heterocycles. The first-order valence-electron chi connectivity index (χ1n) is 11.3. The van der Waals surface area contributed by atoms with Crippen LogP contribution in [0.4, 0.5) is 0 Å². The molecule has 5 nitrogen and oxygen atoms in total. The summed E-state index contributed by atoms with van der Waals surface area (Å²) in [7, 11) is 1.62. The number of amides is 1. The van der Waals surface area contributed by atoms with E-state index in [2.05, 4.69) is 31.2 Å². The Balaban J connectivity index is 1.49. The summed E-state index contributed by atoms with van der Waals surface area (Å²) in [5.41, 5.74) is 2.57. The molecule has 2 aromatic carbocycles. The number of likely N-dealkylation sites (tertiary alicyclic amines) is 1. The molecule has 31 heavy (non-hydrogen) atoms. The molecular weight excluding hydrogens is 390 g/mol. The highest BCUT2D eigenvalue weighted by Gasteiger charge is 2.45. The number of carbonyl (C=O) groups is 1. The van der Waals surface area contributed by atoms with Crippen LogP contribution < -0.4 is 4.74 Å². The van der Waals surface area contributed by atoms with E-state index < -0.39 is 0 Å². The van der Waals surface area contributed by atoms with Gasteiger partial charge < -0.3 is 19.1 Å². The maximum Gasteiger partial charge on any atom is 0.257 e. The van der Waals surface area contributed by atoms with Crippen LogP contribution in [0.15, 0.2) is 48.5 Å². The molecular formula is C26H33NO4.